The van der Waals surface area contributed by atoms with Crippen molar-refractivity contribution in [3.63, 3.8) is 0 Å². The van der Waals surface area contributed by atoms with E-state index in [4.69, 9.17) is 0 Å². The number of phenolic OH excluding ortho intramolecular Hbond substituents is 1. The third kappa shape index (κ3) is 3.62. The van der Waals surface area contributed by atoms with Crippen molar-refractivity contribution in [1.29, 1.82) is 0 Å². The highest BCUT2D eigenvalue weighted by molar-refractivity contribution is 6.00. The highest BCUT2D eigenvalue weighted by Gasteiger charge is 2.12. The number of rotatable bonds is 3. The number of benzene rings is 2. The zero-order chi connectivity index (χ0) is 15.4. The molecule has 0 saturated heterocycles. The first-order valence-electron chi connectivity index (χ1n) is 6.06. The Kier molecular flexibility index (Phi) is 4.27. The second-order valence-corrected chi connectivity index (χ2v) is 4.31. The molecule has 0 spiro atoms. The first-order chi connectivity index (χ1) is 9.97. The van der Waals surface area contributed by atoms with E-state index in [1.54, 1.807) is 19.1 Å². The van der Waals surface area contributed by atoms with Gasteiger partial charge in [0, 0.05) is 0 Å². The average Bonchev–Trinajstić information content (AvgIpc) is 2.47. The molecule has 4 nitrogen and oxygen atoms in total. The number of hydrazone groups is 1. The van der Waals surface area contributed by atoms with Gasteiger partial charge in [-0.15, -0.1) is 0 Å². The molecule has 2 aromatic rings. The normalized spacial score (nSPS) is 11.3. The van der Waals surface area contributed by atoms with Crippen LogP contribution in [0.5, 0.6) is 5.75 Å². The van der Waals surface area contributed by atoms with Crippen LogP contribution in [0.25, 0.3) is 0 Å². The summed E-state index contributed by atoms with van der Waals surface area (Å²) in [5.74, 6) is -2.27. The molecular weight excluding hydrogens is 278 g/mol. The van der Waals surface area contributed by atoms with Crippen molar-refractivity contribution in [3.8, 4) is 5.75 Å². The zero-order valence-electron chi connectivity index (χ0n) is 11.1. The summed E-state index contributed by atoms with van der Waals surface area (Å²) in [6.45, 7) is 1.63. The van der Waals surface area contributed by atoms with Gasteiger partial charge in [0.25, 0.3) is 5.91 Å². The van der Waals surface area contributed by atoms with Crippen molar-refractivity contribution in [2.24, 2.45) is 5.10 Å². The summed E-state index contributed by atoms with van der Waals surface area (Å²) < 4.78 is 26.4. The minimum atomic E-state index is -0.842. The lowest BCUT2D eigenvalue weighted by molar-refractivity contribution is 0.0950. The minimum absolute atomic E-state index is 0.109. The summed E-state index contributed by atoms with van der Waals surface area (Å²) in [5.41, 5.74) is 2.87. The first-order valence-corrected chi connectivity index (χ1v) is 6.06. The van der Waals surface area contributed by atoms with Crippen LogP contribution >= 0.6 is 0 Å². The molecular formula is C15H12F2N2O2. The van der Waals surface area contributed by atoms with Crippen LogP contribution in [0.4, 0.5) is 8.78 Å². The molecule has 0 aliphatic heterocycles. The summed E-state index contributed by atoms with van der Waals surface area (Å²) in [4.78, 5) is 11.7. The number of nitrogens with one attached hydrogen (secondary N) is 1. The number of nitrogens with zero attached hydrogens (tertiary/aromatic N) is 1. The van der Waals surface area contributed by atoms with Crippen LogP contribution in [-0.4, -0.2) is 16.7 Å². The van der Waals surface area contributed by atoms with Crippen LogP contribution in [-0.2, 0) is 0 Å². The lowest BCUT2D eigenvalue weighted by Gasteiger charge is -2.04. The fourth-order valence-corrected chi connectivity index (χ4v) is 1.63. The standard InChI is InChI=1S/C15H12F2N2O2/c1-9(10-2-5-12(20)6-3-10)18-19-15(21)13-8-11(16)4-7-14(13)17/h2-8,20H,1H3,(H,19,21)/b18-9+. The lowest BCUT2D eigenvalue weighted by Crippen LogP contribution is -2.20. The fraction of sp³-hybridized carbons (Fsp3) is 0.0667. The monoisotopic (exact) mass is 290 g/mol. The molecule has 2 rings (SSSR count). The van der Waals surface area contributed by atoms with Crippen LogP contribution < -0.4 is 5.43 Å². The predicted molar refractivity (Wildman–Crippen MR) is 74.1 cm³/mol. The number of carbonyl (C=O) groups is 1. The minimum Gasteiger partial charge on any atom is -0.508 e. The second-order valence-electron chi connectivity index (χ2n) is 4.31. The molecule has 2 aromatic carbocycles. The maximum Gasteiger partial charge on any atom is 0.274 e. The van der Waals surface area contributed by atoms with E-state index in [9.17, 15) is 18.7 Å². The number of aromatic hydroxyl groups is 1. The number of amides is 1. The smallest absolute Gasteiger partial charge is 0.274 e. The molecule has 0 fully saturated rings. The van der Waals surface area contributed by atoms with Gasteiger partial charge in [0.1, 0.15) is 17.4 Å². The molecule has 0 aromatic heterocycles. The number of carbonyl (C=O) groups excluding carboxylic acids is 1. The van der Waals surface area contributed by atoms with Gasteiger partial charge in [0.2, 0.25) is 0 Å². The van der Waals surface area contributed by atoms with Gasteiger partial charge in [-0.3, -0.25) is 4.79 Å². The molecule has 0 atom stereocenters. The Labute approximate surface area is 119 Å². The SMILES string of the molecule is C/C(=N\NC(=O)c1cc(F)ccc1F)c1ccc(O)cc1. The van der Waals surface area contributed by atoms with Gasteiger partial charge in [0.15, 0.2) is 0 Å². The van der Waals surface area contributed by atoms with E-state index in [0.29, 0.717) is 11.3 Å². The van der Waals surface area contributed by atoms with Crippen molar-refractivity contribution < 1.29 is 18.7 Å². The largest absolute Gasteiger partial charge is 0.508 e. The Balaban J connectivity index is 2.14. The number of halogens is 2. The molecule has 0 aliphatic rings. The Morgan fingerprint density at radius 3 is 2.48 bits per heavy atom. The molecule has 0 radical (unpaired) electrons. The van der Waals surface area contributed by atoms with Gasteiger partial charge in [-0.1, -0.05) is 0 Å². The highest BCUT2D eigenvalue weighted by Crippen LogP contribution is 2.11. The molecule has 0 unspecified atom stereocenters. The third-order valence-electron chi connectivity index (χ3n) is 2.78. The molecule has 0 bridgehead atoms. The van der Waals surface area contributed by atoms with Crippen LogP contribution in [0.3, 0.4) is 0 Å². The highest BCUT2D eigenvalue weighted by atomic mass is 19.1. The molecule has 2 N–H and O–H groups in total. The summed E-state index contributed by atoms with van der Waals surface area (Å²) in [7, 11) is 0. The quantitative estimate of drug-likeness (QED) is 0.674. The van der Waals surface area contributed by atoms with Gasteiger partial charge in [-0.2, -0.15) is 5.10 Å². The Hall–Kier alpha value is -2.76. The molecule has 0 saturated carbocycles. The first kappa shape index (κ1) is 14.6. The van der Waals surface area contributed by atoms with Crippen LogP contribution in [0.2, 0.25) is 0 Å². The maximum atomic E-state index is 13.4. The van der Waals surface area contributed by atoms with Gasteiger partial charge in [-0.05, 0) is 55.0 Å². The van der Waals surface area contributed by atoms with Crippen molar-refractivity contribution in [3.05, 3.63) is 65.2 Å². The average molecular weight is 290 g/mol. The van der Waals surface area contributed by atoms with E-state index >= 15 is 0 Å². The Morgan fingerprint density at radius 1 is 1.14 bits per heavy atom. The fourth-order valence-electron chi connectivity index (χ4n) is 1.63. The zero-order valence-corrected chi connectivity index (χ0v) is 11.1. The number of phenols is 1. The van der Waals surface area contributed by atoms with E-state index in [-0.39, 0.29) is 5.75 Å². The molecule has 21 heavy (non-hydrogen) atoms. The van der Waals surface area contributed by atoms with Crippen LogP contribution in [0.15, 0.2) is 47.6 Å². The van der Waals surface area contributed by atoms with Gasteiger partial charge < -0.3 is 5.11 Å². The van der Waals surface area contributed by atoms with Crippen LogP contribution in [0.1, 0.15) is 22.8 Å². The topological polar surface area (TPSA) is 61.7 Å². The molecule has 108 valence electrons. The summed E-state index contributed by atoms with van der Waals surface area (Å²) in [6, 6.07) is 8.78. The molecule has 1 amide bonds. The van der Waals surface area contributed by atoms with Crippen LogP contribution in [0, 0.1) is 11.6 Å². The van der Waals surface area contributed by atoms with Gasteiger partial charge in [0.05, 0.1) is 11.3 Å². The predicted octanol–water partition coefficient (Wildman–Crippen LogP) is 2.82. The van der Waals surface area contributed by atoms with E-state index in [1.807, 2.05) is 0 Å². The Bertz CT molecular complexity index is 697. The van der Waals surface area contributed by atoms with E-state index in [1.165, 1.54) is 12.1 Å². The van der Waals surface area contributed by atoms with E-state index < -0.39 is 23.1 Å². The summed E-state index contributed by atoms with van der Waals surface area (Å²) in [5, 5.41) is 13.0. The van der Waals surface area contributed by atoms with Gasteiger partial charge >= 0.3 is 0 Å². The third-order valence-corrected chi connectivity index (χ3v) is 2.78. The van der Waals surface area contributed by atoms with Crippen molar-refractivity contribution in [2.75, 3.05) is 0 Å². The summed E-state index contributed by atoms with van der Waals surface area (Å²) in [6.07, 6.45) is 0. The van der Waals surface area contributed by atoms with Crippen molar-refractivity contribution in [1.82, 2.24) is 5.43 Å². The molecule has 6 heteroatoms. The number of hydrogen-bond donors (Lipinski definition) is 2. The lowest BCUT2D eigenvalue weighted by atomic mass is 10.1. The maximum absolute atomic E-state index is 13.4. The number of hydrogen-bond acceptors (Lipinski definition) is 3. The van der Waals surface area contributed by atoms with E-state index in [0.717, 1.165) is 18.2 Å². The molecule has 0 heterocycles. The summed E-state index contributed by atoms with van der Waals surface area (Å²) >= 11 is 0. The second kappa shape index (κ2) is 6.13. The van der Waals surface area contributed by atoms with Crippen molar-refractivity contribution >= 4 is 11.6 Å². The Morgan fingerprint density at radius 2 is 1.81 bits per heavy atom. The van der Waals surface area contributed by atoms with E-state index in [2.05, 4.69) is 10.5 Å². The van der Waals surface area contributed by atoms with Gasteiger partial charge in [-0.25, -0.2) is 14.2 Å². The van der Waals surface area contributed by atoms with Crippen molar-refractivity contribution in [2.45, 2.75) is 6.92 Å². The molecule has 0 aliphatic carbocycles.